The van der Waals surface area contributed by atoms with Crippen LogP contribution in [0, 0.1) is 0 Å². The third-order valence-corrected chi connectivity index (χ3v) is 5.13. The van der Waals surface area contributed by atoms with Crippen LogP contribution in [0.1, 0.15) is 25.3 Å². The number of carbonyl (C=O) groups excluding carboxylic acids is 3. The molecule has 3 rings (SSSR count). The molecule has 3 amide bonds. The van der Waals surface area contributed by atoms with Gasteiger partial charge in [-0.3, -0.25) is 14.4 Å². The molecular weight excluding hydrogens is 350 g/mol. The minimum absolute atomic E-state index is 0.101. The molecule has 4 atom stereocenters. The fraction of sp³-hybridized carbons (Fsp3) is 0.526. The number of nitrogens with zero attached hydrogens (tertiary/aromatic N) is 1. The van der Waals surface area contributed by atoms with Gasteiger partial charge in [0.05, 0.1) is 7.11 Å². The third-order valence-electron chi connectivity index (χ3n) is 5.13. The lowest BCUT2D eigenvalue weighted by Crippen LogP contribution is -2.67. The first-order valence-corrected chi connectivity index (χ1v) is 9.11. The second-order valence-electron chi connectivity index (χ2n) is 7.07. The molecule has 0 aromatic heterocycles. The van der Waals surface area contributed by atoms with E-state index in [-0.39, 0.29) is 17.9 Å². The van der Waals surface area contributed by atoms with E-state index < -0.39 is 24.1 Å². The fourth-order valence-corrected chi connectivity index (χ4v) is 3.60. The number of hydrogen-bond donors (Lipinski definition) is 3. The lowest BCUT2D eigenvalue weighted by atomic mass is 9.91. The van der Waals surface area contributed by atoms with Crippen LogP contribution in [0.2, 0.25) is 0 Å². The molecule has 0 aliphatic carbocycles. The van der Waals surface area contributed by atoms with E-state index in [9.17, 15) is 19.5 Å². The number of piperidine rings is 1. The summed E-state index contributed by atoms with van der Waals surface area (Å²) in [5.41, 5.74) is 0.937. The molecule has 0 bridgehead atoms. The number of hydrogen-bond acceptors (Lipinski definition) is 5. The molecule has 27 heavy (non-hydrogen) atoms. The number of rotatable bonds is 5. The largest absolute Gasteiger partial charge is 0.497 e. The molecule has 0 saturated carbocycles. The van der Waals surface area contributed by atoms with Gasteiger partial charge in [0.1, 0.15) is 23.9 Å². The van der Waals surface area contributed by atoms with Gasteiger partial charge in [-0.25, -0.2) is 0 Å². The smallest absolute Gasteiger partial charge is 0.248 e. The molecule has 2 aliphatic heterocycles. The summed E-state index contributed by atoms with van der Waals surface area (Å²) in [6.45, 7) is 1.80. The maximum absolute atomic E-state index is 12.8. The molecule has 8 heteroatoms. The third kappa shape index (κ3) is 4.21. The summed E-state index contributed by atoms with van der Waals surface area (Å²) < 4.78 is 5.13. The van der Waals surface area contributed by atoms with Crippen LogP contribution in [-0.2, 0) is 20.8 Å². The molecule has 1 aromatic carbocycles. The molecule has 8 nitrogen and oxygen atoms in total. The number of methoxy groups -OCH3 is 1. The summed E-state index contributed by atoms with van der Waals surface area (Å²) >= 11 is 0. The van der Waals surface area contributed by atoms with Crippen molar-refractivity contribution in [3.63, 3.8) is 0 Å². The SMILES string of the molecule is COc1ccc(C[C@@H]2NC(=O)[C@@H]3C[C@@H](NC(=O)[C@H](C)O)CCN3C2=O)cc1. The van der Waals surface area contributed by atoms with Crippen molar-refractivity contribution >= 4 is 17.7 Å². The van der Waals surface area contributed by atoms with Gasteiger partial charge in [-0.15, -0.1) is 0 Å². The molecule has 0 radical (unpaired) electrons. The van der Waals surface area contributed by atoms with Crippen LogP contribution < -0.4 is 15.4 Å². The van der Waals surface area contributed by atoms with Gasteiger partial charge in [0.15, 0.2) is 0 Å². The molecule has 0 spiro atoms. The van der Waals surface area contributed by atoms with Gasteiger partial charge in [-0.1, -0.05) is 12.1 Å². The van der Waals surface area contributed by atoms with Crippen molar-refractivity contribution < 1.29 is 24.2 Å². The van der Waals surface area contributed by atoms with Gasteiger partial charge in [0, 0.05) is 19.0 Å². The van der Waals surface area contributed by atoms with Crippen LogP contribution >= 0.6 is 0 Å². The monoisotopic (exact) mass is 375 g/mol. The minimum atomic E-state index is -1.10. The average molecular weight is 375 g/mol. The number of aliphatic hydroxyl groups is 1. The van der Waals surface area contributed by atoms with E-state index in [1.165, 1.54) is 6.92 Å². The van der Waals surface area contributed by atoms with Crippen molar-refractivity contribution in [2.75, 3.05) is 13.7 Å². The first-order chi connectivity index (χ1) is 12.9. The highest BCUT2D eigenvalue weighted by Crippen LogP contribution is 2.24. The van der Waals surface area contributed by atoms with E-state index in [2.05, 4.69) is 10.6 Å². The molecular formula is C19H25N3O5. The molecule has 0 unspecified atom stereocenters. The topological polar surface area (TPSA) is 108 Å². The van der Waals surface area contributed by atoms with E-state index >= 15 is 0 Å². The second kappa shape index (κ2) is 7.96. The predicted octanol–water partition coefficient (Wildman–Crippen LogP) is -0.407. The van der Waals surface area contributed by atoms with Crippen molar-refractivity contribution in [1.82, 2.24) is 15.5 Å². The number of carbonyl (C=O) groups is 3. The minimum Gasteiger partial charge on any atom is -0.497 e. The van der Waals surface area contributed by atoms with Crippen LogP contribution in [-0.4, -0.2) is 65.6 Å². The zero-order chi connectivity index (χ0) is 19.6. The Labute approximate surface area is 157 Å². The zero-order valence-corrected chi connectivity index (χ0v) is 15.5. The van der Waals surface area contributed by atoms with Crippen molar-refractivity contribution in [3.8, 4) is 5.75 Å². The lowest BCUT2D eigenvalue weighted by Gasteiger charge is -2.44. The summed E-state index contributed by atoms with van der Waals surface area (Å²) in [6.07, 6.45) is 0.229. The quantitative estimate of drug-likeness (QED) is 0.649. The molecule has 3 N–H and O–H groups in total. The van der Waals surface area contributed by atoms with Gasteiger partial charge in [0.25, 0.3) is 0 Å². The van der Waals surface area contributed by atoms with Gasteiger partial charge < -0.3 is 25.4 Å². The highest BCUT2D eigenvalue weighted by Gasteiger charge is 2.44. The summed E-state index contributed by atoms with van der Waals surface area (Å²) in [5, 5.41) is 14.9. The van der Waals surface area contributed by atoms with Gasteiger partial charge >= 0.3 is 0 Å². The van der Waals surface area contributed by atoms with Gasteiger partial charge in [-0.2, -0.15) is 0 Å². The summed E-state index contributed by atoms with van der Waals surface area (Å²) in [5.74, 6) is -0.0349. The number of piperazine rings is 1. The molecule has 2 saturated heterocycles. The Balaban J connectivity index is 1.64. The standard InChI is InChI=1S/C19H25N3O5/c1-11(23)17(24)20-13-7-8-22-16(10-13)18(25)21-15(19(22)26)9-12-3-5-14(27-2)6-4-12/h3-6,11,13,15-16,23H,7-10H2,1-2H3,(H,20,24)(H,21,25)/t11-,13-,15-,16-/m0/s1. The fourth-order valence-electron chi connectivity index (χ4n) is 3.60. The Bertz CT molecular complexity index is 719. The van der Waals surface area contributed by atoms with E-state index in [4.69, 9.17) is 4.74 Å². The average Bonchev–Trinajstić information content (AvgIpc) is 2.66. The lowest BCUT2D eigenvalue weighted by molar-refractivity contribution is -0.152. The molecule has 2 heterocycles. The Morgan fingerprint density at radius 3 is 2.70 bits per heavy atom. The van der Waals surface area contributed by atoms with Crippen LogP contribution in [0.5, 0.6) is 5.75 Å². The van der Waals surface area contributed by atoms with Crippen molar-refractivity contribution in [3.05, 3.63) is 29.8 Å². The predicted molar refractivity (Wildman–Crippen MR) is 97.0 cm³/mol. The van der Waals surface area contributed by atoms with Crippen LogP contribution in [0.3, 0.4) is 0 Å². The van der Waals surface area contributed by atoms with E-state index in [0.29, 0.717) is 25.8 Å². The molecule has 2 aliphatic rings. The summed E-state index contributed by atoms with van der Waals surface area (Å²) in [6, 6.07) is 5.99. The van der Waals surface area contributed by atoms with Crippen LogP contribution in [0.4, 0.5) is 0 Å². The first kappa shape index (κ1) is 19.2. The van der Waals surface area contributed by atoms with E-state index in [1.807, 2.05) is 24.3 Å². The normalized spacial score (nSPS) is 26.0. The van der Waals surface area contributed by atoms with Gasteiger partial charge in [-0.05, 0) is 37.5 Å². The summed E-state index contributed by atoms with van der Waals surface area (Å²) in [7, 11) is 1.59. The Kier molecular flexibility index (Phi) is 5.65. The van der Waals surface area contributed by atoms with Gasteiger partial charge in [0.2, 0.25) is 17.7 Å². The number of nitrogens with one attached hydrogen (secondary N) is 2. The number of benzene rings is 1. The maximum atomic E-state index is 12.8. The Morgan fingerprint density at radius 2 is 2.07 bits per heavy atom. The summed E-state index contributed by atoms with van der Waals surface area (Å²) in [4.78, 5) is 38.7. The highest BCUT2D eigenvalue weighted by atomic mass is 16.5. The number of amides is 3. The highest BCUT2D eigenvalue weighted by molar-refractivity contribution is 5.97. The van der Waals surface area contributed by atoms with Crippen molar-refractivity contribution in [2.24, 2.45) is 0 Å². The molecule has 2 fully saturated rings. The molecule has 1 aromatic rings. The van der Waals surface area contributed by atoms with E-state index in [0.717, 1.165) is 11.3 Å². The van der Waals surface area contributed by atoms with Crippen molar-refractivity contribution in [1.29, 1.82) is 0 Å². The van der Waals surface area contributed by atoms with E-state index in [1.54, 1.807) is 12.0 Å². The number of aliphatic hydroxyl groups excluding tert-OH is 1. The first-order valence-electron chi connectivity index (χ1n) is 9.11. The Morgan fingerprint density at radius 1 is 1.37 bits per heavy atom. The molecule has 146 valence electrons. The number of ether oxygens (including phenoxy) is 1. The number of fused-ring (bicyclic) bond motifs is 1. The zero-order valence-electron chi connectivity index (χ0n) is 15.5. The van der Waals surface area contributed by atoms with Crippen LogP contribution in [0.15, 0.2) is 24.3 Å². The maximum Gasteiger partial charge on any atom is 0.248 e. The van der Waals surface area contributed by atoms with Crippen molar-refractivity contribution in [2.45, 2.75) is 50.4 Å². The Hall–Kier alpha value is -2.61. The second-order valence-corrected chi connectivity index (χ2v) is 7.07. The van der Waals surface area contributed by atoms with Crippen LogP contribution in [0.25, 0.3) is 0 Å².